The van der Waals surface area contributed by atoms with Crippen molar-refractivity contribution in [3.8, 4) is 11.5 Å². The quantitative estimate of drug-likeness (QED) is 0.763. The van der Waals surface area contributed by atoms with E-state index >= 15 is 0 Å². The van der Waals surface area contributed by atoms with Crippen LogP contribution in [0.15, 0.2) is 54.6 Å². The van der Waals surface area contributed by atoms with Gasteiger partial charge < -0.3 is 4.74 Å². The van der Waals surface area contributed by atoms with E-state index in [9.17, 15) is 8.78 Å². The summed E-state index contributed by atoms with van der Waals surface area (Å²) in [5, 5.41) is 0. The molecule has 0 saturated heterocycles. The van der Waals surface area contributed by atoms with Crippen LogP contribution in [0.25, 0.3) is 0 Å². The van der Waals surface area contributed by atoms with Crippen molar-refractivity contribution >= 4 is 0 Å². The zero-order valence-electron chi connectivity index (χ0n) is 10.1. The maximum absolute atomic E-state index is 12.8. The summed E-state index contributed by atoms with van der Waals surface area (Å²) in [6.45, 7) is 0.918. The lowest BCUT2D eigenvalue weighted by molar-refractivity contribution is 0.0226. The molecule has 0 aromatic heterocycles. The van der Waals surface area contributed by atoms with Crippen LogP contribution in [0.5, 0.6) is 11.5 Å². The molecule has 0 bridgehead atoms. The van der Waals surface area contributed by atoms with Crippen LogP contribution < -0.4 is 4.74 Å². The van der Waals surface area contributed by atoms with Gasteiger partial charge in [0.2, 0.25) is 5.92 Å². The Morgan fingerprint density at radius 2 is 1.44 bits per heavy atom. The molecule has 2 aromatic carbocycles. The van der Waals surface area contributed by atoms with Crippen LogP contribution >= 0.6 is 0 Å². The number of hydrogen-bond acceptors (Lipinski definition) is 1. The monoisotopic (exact) mass is 248 g/mol. The van der Waals surface area contributed by atoms with Crippen molar-refractivity contribution in [1.29, 1.82) is 0 Å². The highest BCUT2D eigenvalue weighted by Gasteiger charge is 2.21. The summed E-state index contributed by atoms with van der Waals surface area (Å²) >= 11 is 0. The molecule has 94 valence electrons. The molecule has 0 amide bonds. The van der Waals surface area contributed by atoms with Gasteiger partial charge in [-0.3, -0.25) is 0 Å². The highest BCUT2D eigenvalue weighted by Crippen LogP contribution is 2.24. The zero-order chi connectivity index (χ0) is 13.0. The Hall–Kier alpha value is -1.90. The summed E-state index contributed by atoms with van der Waals surface area (Å²) in [5.41, 5.74) is 0.600. The molecule has 18 heavy (non-hydrogen) atoms. The van der Waals surface area contributed by atoms with Crippen LogP contribution in [-0.4, -0.2) is 5.92 Å². The molecule has 3 heteroatoms. The molecule has 0 spiro atoms. The second-order valence-corrected chi connectivity index (χ2v) is 4.31. The van der Waals surface area contributed by atoms with E-state index in [2.05, 4.69) is 0 Å². The lowest BCUT2D eigenvalue weighted by Gasteiger charge is -2.10. The second kappa shape index (κ2) is 5.17. The van der Waals surface area contributed by atoms with Gasteiger partial charge in [-0.05, 0) is 36.8 Å². The lowest BCUT2D eigenvalue weighted by atomic mass is 10.1. The maximum atomic E-state index is 12.8. The predicted octanol–water partition coefficient (Wildman–Crippen LogP) is 4.68. The molecule has 0 saturated carbocycles. The highest BCUT2D eigenvalue weighted by molar-refractivity contribution is 5.33. The van der Waals surface area contributed by atoms with Crippen molar-refractivity contribution in [1.82, 2.24) is 0 Å². The van der Waals surface area contributed by atoms with E-state index in [1.807, 2.05) is 30.3 Å². The fraction of sp³-hybridized carbons (Fsp3) is 0.200. The van der Waals surface area contributed by atoms with E-state index < -0.39 is 5.92 Å². The maximum Gasteiger partial charge on any atom is 0.249 e. The fourth-order valence-corrected chi connectivity index (χ4v) is 1.66. The minimum Gasteiger partial charge on any atom is -0.457 e. The number of alkyl halides is 2. The van der Waals surface area contributed by atoms with Gasteiger partial charge in [-0.2, -0.15) is 0 Å². The Morgan fingerprint density at radius 3 is 2.00 bits per heavy atom. The molecule has 2 aromatic rings. The minimum atomic E-state index is -2.68. The van der Waals surface area contributed by atoms with Gasteiger partial charge in [0.05, 0.1) is 0 Å². The average molecular weight is 248 g/mol. The summed E-state index contributed by atoms with van der Waals surface area (Å²) < 4.78 is 31.2. The number of rotatable bonds is 4. The van der Waals surface area contributed by atoms with E-state index in [4.69, 9.17) is 4.74 Å². The van der Waals surface area contributed by atoms with Gasteiger partial charge in [0.15, 0.2) is 0 Å². The van der Waals surface area contributed by atoms with Crippen LogP contribution in [0.1, 0.15) is 12.5 Å². The summed E-state index contributed by atoms with van der Waals surface area (Å²) in [6.07, 6.45) is -0.251. The van der Waals surface area contributed by atoms with E-state index in [0.717, 1.165) is 12.7 Å². The van der Waals surface area contributed by atoms with E-state index in [1.165, 1.54) is 0 Å². The molecule has 0 aliphatic carbocycles. The number of ether oxygens (including phenoxy) is 1. The van der Waals surface area contributed by atoms with Crippen LogP contribution in [0, 0.1) is 0 Å². The van der Waals surface area contributed by atoms with Crippen molar-refractivity contribution < 1.29 is 13.5 Å². The van der Waals surface area contributed by atoms with Gasteiger partial charge in [-0.1, -0.05) is 30.3 Å². The highest BCUT2D eigenvalue weighted by atomic mass is 19.3. The third-order valence-corrected chi connectivity index (χ3v) is 2.42. The van der Waals surface area contributed by atoms with Crippen LogP contribution in [-0.2, 0) is 6.42 Å². The molecule has 1 nitrogen and oxygen atoms in total. The molecular formula is C15H14F2O. The normalized spacial score (nSPS) is 11.3. The average Bonchev–Trinajstić information content (AvgIpc) is 2.31. The number of benzene rings is 2. The van der Waals surface area contributed by atoms with Gasteiger partial charge in [-0.15, -0.1) is 0 Å². The number of para-hydroxylation sites is 1. The molecule has 0 N–H and O–H groups in total. The van der Waals surface area contributed by atoms with Gasteiger partial charge in [0.1, 0.15) is 11.5 Å². The zero-order valence-corrected chi connectivity index (χ0v) is 10.1. The lowest BCUT2D eigenvalue weighted by Crippen LogP contribution is -2.13. The first-order valence-corrected chi connectivity index (χ1v) is 5.73. The topological polar surface area (TPSA) is 9.23 Å². The number of halogens is 2. The Bertz CT molecular complexity index is 486. The predicted molar refractivity (Wildman–Crippen MR) is 67.3 cm³/mol. The van der Waals surface area contributed by atoms with Crippen LogP contribution in [0.3, 0.4) is 0 Å². The first kappa shape index (κ1) is 12.6. The second-order valence-electron chi connectivity index (χ2n) is 4.31. The first-order chi connectivity index (χ1) is 8.53. The summed E-state index contributed by atoms with van der Waals surface area (Å²) in [7, 11) is 0. The fourth-order valence-electron chi connectivity index (χ4n) is 1.66. The summed E-state index contributed by atoms with van der Waals surface area (Å²) in [5.74, 6) is -1.31. The van der Waals surface area contributed by atoms with Crippen molar-refractivity contribution in [2.24, 2.45) is 0 Å². The first-order valence-electron chi connectivity index (χ1n) is 5.73. The molecule has 0 fully saturated rings. The minimum absolute atomic E-state index is 0.251. The Balaban J connectivity index is 2.04. The molecule has 0 atom stereocenters. The van der Waals surface area contributed by atoms with Crippen molar-refractivity contribution in [3.05, 3.63) is 60.2 Å². The molecule has 0 radical (unpaired) electrons. The van der Waals surface area contributed by atoms with Crippen molar-refractivity contribution in [3.63, 3.8) is 0 Å². The molecule has 0 unspecified atom stereocenters. The summed E-state index contributed by atoms with van der Waals surface area (Å²) in [6, 6.07) is 16.1. The molecular weight excluding hydrogens is 234 g/mol. The van der Waals surface area contributed by atoms with E-state index in [1.54, 1.807) is 24.3 Å². The third-order valence-electron chi connectivity index (χ3n) is 2.42. The standard InChI is InChI=1S/C15H14F2O/c1-15(16,17)11-12-7-9-14(10-8-12)18-13-5-3-2-4-6-13/h2-10H,11H2,1H3. The van der Waals surface area contributed by atoms with Gasteiger partial charge >= 0.3 is 0 Å². The molecule has 0 aliphatic rings. The van der Waals surface area contributed by atoms with Gasteiger partial charge in [0.25, 0.3) is 0 Å². The summed E-state index contributed by atoms with van der Waals surface area (Å²) in [4.78, 5) is 0. The van der Waals surface area contributed by atoms with E-state index in [-0.39, 0.29) is 6.42 Å². The third kappa shape index (κ3) is 3.84. The van der Waals surface area contributed by atoms with Crippen LogP contribution in [0.4, 0.5) is 8.78 Å². The van der Waals surface area contributed by atoms with Gasteiger partial charge in [0, 0.05) is 6.42 Å². The molecule has 0 aliphatic heterocycles. The molecule has 0 heterocycles. The largest absolute Gasteiger partial charge is 0.457 e. The SMILES string of the molecule is CC(F)(F)Cc1ccc(Oc2ccccc2)cc1. The Kier molecular flexibility index (Phi) is 3.60. The Labute approximate surface area is 105 Å². The van der Waals surface area contributed by atoms with Crippen LogP contribution in [0.2, 0.25) is 0 Å². The van der Waals surface area contributed by atoms with E-state index in [0.29, 0.717) is 11.3 Å². The molecule has 2 rings (SSSR count). The smallest absolute Gasteiger partial charge is 0.249 e. The van der Waals surface area contributed by atoms with Crippen molar-refractivity contribution in [2.75, 3.05) is 0 Å². The Morgan fingerprint density at radius 1 is 0.889 bits per heavy atom. The van der Waals surface area contributed by atoms with Gasteiger partial charge in [-0.25, -0.2) is 8.78 Å². The van der Waals surface area contributed by atoms with Crippen molar-refractivity contribution in [2.45, 2.75) is 19.3 Å². The number of hydrogen-bond donors (Lipinski definition) is 0.